The highest BCUT2D eigenvalue weighted by molar-refractivity contribution is 7.89. The molecule has 34 heavy (non-hydrogen) atoms. The summed E-state index contributed by atoms with van der Waals surface area (Å²) in [4.78, 5) is 0.284. The molecule has 1 atom stereocenters. The predicted molar refractivity (Wildman–Crippen MR) is 140 cm³/mol. The molecule has 3 nitrogen and oxygen atoms in total. The number of nitrogens with one attached hydrogen (secondary N) is 1. The van der Waals surface area contributed by atoms with E-state index in [0.717, 1.165) is 27.8 Å². The number of aryl methyl sites for hydroxylation is 1. The first-order valence-electron chi connectivity index (χ1n) is 11.5. The predicted octanol–water partition coefficient (Wildman–Crippen LogP) is 6.41. The quantitative estimate of drug-likeness (QED) is 0.309. The zero-order chi connectivity index (χ0) is 23.8. The Morgan fingerprint density at radius 2 is 1.24 bits per heavy atom. The van der Waals surface area contributed by atoms with Gasteiger partial charge in [-0.15, -0.1) is 0 Å². The third-order valence-corrected chi connectivity index (χ3v) is 7.29. The van der Waals surface area contributed by atoms with Crippen molar-refractivity contribution in [2.24, 2.45) is 0 Å². The molecule has 4 aromatic rings. The summed E-state index contributed by atoms with van der Waals surface area (Å²) in [6.07, 6.45) is 3.30. The number of sulfonamides is 1. The van der Waals surface area contributed by atoms with Gasteiger partial charge in [0.1, 0.15) is 0 Å². The lowest BCUT2D eigenvalue weighted by Gasteiger charge is -2.19. The first-order chi connectivity index (χ1) is 16.5. The minimum absolute atomic E-state index is 0.284. The Hall–Kier alpha value is -3.47. The van der Waals surface area contributed by atoms with Gasteiger partial charge in [0.15, 0.2) is 0 Å². The third-order valence-electron chi connectivity index (χ3n) is 5.75. The summed E-state index contributed by atoms with van der Waals surface area (Å²) in [6.45, 7) is 1.95. The van der Waals surface area contributed by atoms with Crippen LogP contribution in [0.5, 0.6) is 0 Å². The highest BCUT2D eigenvalue weighted by Crippen LogP contribution is 2.25. The highest BCUT2D eigenvalue weighted by Gasteiger charge is 2.20. The van der Waals surface area contributed by atoms with Crippen LogP contribution in [-0.2, 0) is 16.4 Å². The average molecular weight is 468 g/mol. The first kappa shape index (κ1) is 23.7. The summed E-state index contributed by atoms with van der Waals surface area (Å²) in [5.41, 5.74) is 5.42. The van der Waals surface area contributed by atoms with Crippen molar-refractivity contribution in [3.63, 3.8) is 0 Å². The van der Waals surface area contributed by atoms with Crippen LogP contribution in [0.3, 0.4) is 0 Å². The van der Waals surface area contributed by atoms with E-state index in [1.165, 1.54) is 0 Å². The van der Waals surface area contributed by atoms with Crippen LogP contribution in [0.4, 0.5) is 0 Å². The molecule has 0 fully saturated rings. The molecule has 4 heteroatoms. The van der Waals surface area contributed by atoms with E-state index in [0.29, 0.717) is 12.8 Å². The molecule has 0 aliphatic heterocycles. The van der Waals surface area contributed by atoms with E-state index in [2.05, 4.69) is 35.1 Å². The highest BCUT2D eigenvalue weighted by atomic mass is 32.2. The molecule has 0 saturated heterocycles. The molecule has 1 N–H and O–H groups in total. The number of rotatable bonds is 9. The van der Waals surface area contributed by atoms with Crippen molar-refractivity contribution in [1.82, 2.24) is 4.72 Å². The van der Waals surface area contributed by atoms with Crippen molar-refractivity contribution >= 4 is 15.6 Å². The fourth-order valence-electron chi connectivity index (χ4n) is 3.97. The van der Waals surface area contributed by atoms with Gasteiger partial charge in [-0.05, 0) is 54.2 Å². The molecule has 0 bridgehead atoms. The van der Waals surface area contributed by atoms with Crippen molar-refractivity contribution in [2.45, 2.75) is 30.7 Å². The van der Waals surface area contributed by atoms with E-state index in [9.17, 15) is 8.42 Å². The van der Waals surface area contributed by atoms with Gasteiger partial charge in [0.2, 0.25) is 10.0 Å². The molecule has 0 aliphatic rings. The van der Waals surface area contributed by atoms with Crippen molar-refractivity contribution in [1.29, 1.82) is 0 Å². The fourth-order valence-corrected chi connectivity index (χ4v) is 5.22. The molecule has 4 aromatic carbocycles. The molecule has 0 radical (unpaired) electrons. The second kappa shape index (κ2) is 11.1. The van der Waals surface area contributed by atoms with Crippen LogP contribution in [0.1, 0.15) is 28.7 Å². The zero-order valence-electron chi connectivity index (χ0n) is 19.3. The Balaban J connectivity index is 1.66. The van der Waals surface area contributed by atoms with Crippen LogP contribution in [0.2, 0.25) is 0 Å². The van der Waals surface area contributed by atoms with Gasteiger partial charge in [0.05, 0.1) is 4.90 Å². The molecule has 0 aliphatic carbocycles. The van der Waals surface area contributed by atoms with Crippen molar-refractivity contribution < 1.29 is 8.42 Å². The SMILES string of the molecule is Cc1ccc(S(=O)(=O)NC(CC=C(c2ccccc2)c2ccccc2)Cc2ccccc2)cc1. The molecular weight excluding hydrogens is 438 g/mol. The second-order valence-electron chi connectivity index (χ2n) is 8.41. The van der Waals surface area contributed by atoms with Gasteiger partial charge in [-0.3, -0.25) is 0 Å². The van der Waals surface area contributed by atoms with Crippen molar-refractivity contribution in [3.05, 3.63) is 144 Å². The van der Waals surface area contributed by atoms with Crippen LogP contribution >= 0.6 is 0 Å². The molecule has 172 valence electrons. The number of hydrogen-bond donors (Lipinski definition) is 1. The maximum Gasteiger partial charge on any atom is 0.240 e. The lowest BCUT2D eigenvalue weighted by Crippen LogP contribution is -2.36. The second-order valence-corrected chi connectivity index (χ2v) is 10.1. The summed E-state index contributed by atoms with van der Waals surface area (Å²) in [6, 6.07) is 37.1. The zero-order valence-corrected chi connectivity index (χ0v) is 20.1. The van der Waals surface area contributed by atoms with Gasteiger partial charge in [-0.1, -0.05) is 115 Å². The molecule has 0 saturated carbocycles. The normalized spacial score (nSPS) is 12.1. The Morgan fingerprint density at radius 1 is 0.735 bits per heavy atom. The molecule has 0 amide bonds. The number of hydrogen-bond acceptors (Lipinski definition) is 2. The van der Waals surface area contributed by atoms with E-state index in [4.69, 9.17) is 0 Å². The summed E-state index contributed by atoms with van der Waals surface area (Å²) in [7, 11) is -3.65. The maximum absolute atomic E-state index is 13.2. The van der Waals surface area contributed by atoms with Gasteiger partial charge in [0, 0.05) is 6.04 Å². The largest absolute Gasteiger partial charge is 0.240 e. The monoisotopic (exact) mass is 467 g/mol. The van der Waals surface area contributed by atoms with Crippen LogP contribution < -0.4 is 4.72 Å². The van der Waals surface area contributed by atoms with Gasteiger partial charge in [-0.2, -0.15) is 0 Å². The Labute approximate surface area is 202 Å². The van der Waals surface area contributed by atoms with Crippen LogP contribution in [0.25, 0.3) is 5.57 Å². The third kappa shape index (κ3) is 6.31. The van der Waals surface area contributed by atoms with Gasteiger partial charge in [0.25, 0.3) is 0 Å². The van der Waals surface area contributed by atoms with Gasteiger partial charge >= 0.3 is 0 Å². The van der Waals surface area contributed by atoms with E-state index < -0.39 is 10.0 Å². The van der Waals surface area contributed by atoms with E-state index >= 15 is 0 Å². The maximum atomic E-state index is 13.2. The molecule has 0 heterocycles. The molecule has 1 unspecified atom stereocenters. The molecule has 0 aromatic heterocycles. The Kier molecular flexibility index (Phi) is 7.73. The fraction of sp³-hybridized carbons (Fsp3) is 0.133. The lowest BCUT2D eigenvalue weighted by atomic mass is 9.95. The average Bonchev–Trinajstić information content (AvgIpc) is 2.86. The number of benzene rings is 4. The van der Waals surface area contributed by atoms with E-state index in [-0.39, 0.29) is 10.9 Å². The molecular formula is C30H29NO2S. The minimum Gasteiger partial charge on any atom is -0.207 e. The first-order valence-corrected chi connectivity index (χ1v) is 12.9. The van der Waals surface area contributed by atoms with Crippen molar-refractivity contribution in [3.8, 4) is 0 Å². The minimum atomic E-state index is -3.65. The Bertz CT molecular complexity index is 1270. The standard InChI is InChI=1S/C30H29NO2S/c1-24-17-20-29(21-18-24)34(32,33)31-28(23-25-11-5-2-6-12-25)19-22-30(26-13-7-3-8-14-26)27-15-9-4-10-16-27/h2-18,20-22,28,31H,19,23H2,1H3. The summed E-state index contributed by atoms with van der Waals surface area (Å²) < 4.78 is 29.4. The van der Waals surface area contributed by atoms with Crippen LogP contribution in [0, 0.1) is 6.92 Å². The van der Waals surface area contributed by atoms with E-state index in [1.807, 2.05) is 85.8 Å². The van der Waals surface area contributed by atoms with E-state index in [1.54, 1.807) is 12.1 Å². The smallest absolute Gasteiger partial charge is 0.207 e. The Morgan fingerprint density at radius 3 is 1.76 bits per heavy atom. The summed E-state index contributed by atoms with van der Waals surface area (Å²) in [5.74, 6) is 0. The summed E-state index contributed by atoms with van der Waals surface area (Å²) >= 11 is 0. The lowest BCUT2D eigenvalue weighted by molar-refractivity contribution is 0.547. The van der Waals surface area contributed by atoms with Gasteiger partial charge in [-0.25, -0.2) is 13.1 Å². The topological polar surface area (TPSA) is 46.2 Å². The molecule has 4 rings (SSSR count). The van der Waals surface area contributed by atoms with Crippen molar-refractivity contribution in [2.75, 3.05) is 0 Å². The van der Waals surface area contributed by atoms with Crippen LogP contribution in [-0.4, -0.2) is 14.5 Å². The summed E-state index contributed by atoms with van der Waals surface area (Å²) in [5, 5.41) is 0. The van der Waals surface area contributed by atoms with Gasteiger partial charge < -0.3 is 0 Å². The van der Waals surface area contributed by atoms with Crippen LogP contribution in [0.15, 0.2) is 126 Å². The molecule has 0 spiro atoms.